The maximum Gasteiger partial charge on any atom is 0.213 e. The Bertz CT molecular complexity index is 331. The van der Waals surface area contributed by atoms with Crippen LogP contribution >= 0.6 is 0 Å². The van der Waals surface area contributed by atoms with Gasteiger partial charge in [-0.2, -0.15) is 0 Å². The summed E-state index contributed by atoms with van der Waals surface area (Å²) in [6.07, 6.45) is 1.79. The van der Waals surface area contributed by atoms with Gasteiger partial charge in [0.25, 0.3) is 0 Å². The lowest BCUT2D eigenvalue weighted by molar-refractivity contribution is 0.0633. The number of hydrogen-bond acceptors (Lipinski definition) is 4. The van der Waals surface area contributed by atoms with Crippen LogP contribution in [0.3, 0.4) is 0 Å². The van der Waals surface area contributed by atoms with Crippen molar-refractivity contribution >= 4 is 0 Å². The van der Waals surface area contributed by atoms with Gasteiger partial charge in [0.05, 0.1) is 6.61 Å². The third-order valence-electron chi connectivity index (χ3n) is 2.57. The Balaban J connectivity index is 2.59. The topological polar surface area (TPSA) is 43.4 Å². The van der Waals surface area contributed by atoms with E-state index >= 15 is 0 Å². The van der Waals surface area contributed by atoms with Gasteiger partial charge in [0, 0.05) is 24.9 Å². The molecule has 2 atom stereocenters. The third kappa shape index (κ3) is 4.71. The molecule has 0 aromatic carbocycles. The molecule has 1 N–H and O–H groups in total. The maximum atomic E-state index is 5.69. The van der Waals surface area contributed by atoms with Gasteiger partial charge in [0.2, 0.25) is 5.88 Å². The van der Waals surface area contributed by atoms with Crippen molar-refractivity contribution in [1.29, 1.82) is 0 Å². The predicted octanol–water partition coefficient (Wildman–Crippen LogP) is 2.17. The van der Waals surface area contributed by atoms with E-state index in [2.05, 4.69) is 17.2 Å². The van der Waals surface area contributed by atoms with Gasteiger partial charge < -0.3 is 14.8 Å². The summed E-state index contributed by atoms with van der Waals surface area (Å²) in [4.78, 5) is 4.20. The largest absolute Gasteiger partial charge is 0.472 e. The van der Waals surface area contributed by atoms with E-state index in [1.165, 1.54) is 5.56 Å². The highest BCUT2D eigenvalue weighted by Gasteiger charge is 2.08. The number of nitrogens with zero attached hydrogens (tertiary/aromatic N) is 1. The van der Waals surface area contributed by atoms with Gasteiger partial charge in [-0.05, 0) is 39.4 Å². The molecule has 0 aliphatic heterocycles. The first kappa shape index (κ1) is 13.9. The van der Waals surface area contributed by atoms with Gasteiger partial charge in [-0.15, -0.1) is 0 Å². The molecule has 4 nitrogen and oxygen atoms in total. The minimum absolute atomic E-state index is 0.0163. The smallest absolute Gasteiger partial charge is 0.213 e. The first-order chi connectivity index (χ1) is 8.17. The zero-order chi connectivity index (χ0) is 12.7. The summed E-state index contributed by atoms with van der Waals surface area (Å²) >= 11 is 0. The lowest BCUT2D eigenvalue weighted by Crippen LogP contribution is -2.20. The van der Waals surface area contributed by atoms with Crippen molar-refractivity contribution in [2.45, 2.75) is 32.9 Å². The molecule has 0 bridgehead atoms. The van der Waals surface area contributed by atoms with Crippen molar-refractivity contribution in [3.8, 4) is 5.88 Å². The van der Waals surface area contributed by atoms with Crippen LogP contribution < -0.4 is 10.1 Å². The van der Waals surface area contributed by atoms with Crippen LogP contribution in [0.4, 0.5) is 0 Å². The zero-order valence-electron chi connectivity index (χ0n) is 11.1. The van der Waals surface area contributed by atoms with E-state index in [1.54, 1.807) is 6.20 Å². The summed E-state index contributed by atoms with van der Waals surface area (Å²) in [6, 6.07) is 4.24. The fourth-order valence-electron chi connectivity index (χ4n) is 1.45. The molecule has 1 rings (SSSR count). The molecule has 17 heavy (non-hydrogen) atoms. The van der Waals surface area contributed by atoms with Crippen molar-refractivity contribution in [1.82, 2.24) is 10.3 Å². The fourth-order valence-corrected chi connectivity index (χ4v) is 1.45. The maximum absolute atomic E-state index is 5.69. The highest BCUT2D eigenvalue weighted by atomic mass is 16.5. The minimum atomic E-state index is 0.0163. The zero-order valence-corrected chi connectivity index (χ0v) is 11.1. The van der Waals surface area contributed by atoms with E-state index in [9.17, 15) is 0 Å². The van der Waals surface area contributed by atoms with E-state index in [0.29, 0.717) is 25.1 Å². The molecule has 0 spiro atoms. The van der Waals surface area contributed by atoms with Crippen LogP contribution in [-0.4, -0.2) is 31.3 Å². The van der Waals surface area contributed by atoms with E-state index in [1.807, 2.05) is 33.0 Å². The monoisotopic (exact) mass is 238 g/mol. The average Bonchev–Trinajstić information content (AvgIpc) is 2.35. The summed E-state index contributed by atoms with van der Waals surface area (Å²) in [6.45, 7) is 7.34. The van der Waals surface area contributed by atoms with E-state index < -0.39 is 0 Å². The standard InChI is InChI=1S/C13H22N2O2/c1-5-16-9-10(2)17-13-8-12(6-7-15-13)11(3)14-4/h6-8,10-11,14H,5,9H2,1-4H3. The van der Waals surface area contributed by atoms with E-state index in [0.717, 1.165) is 0 Å². The van der Waals surface area contributed by atoms with Gasteiger partial charge >= 0.3 is 0 Å². The minimum Gasteiger partial charge on any atom is -0.472 e. The Hall–Kier alpha value is -1.13. The average molecular weight is 238 g/mol. The number of ether oxygens (including phenoxy) is 2. The van der Waals surface area contributed by atoms with Crippen LogP contribution in [0.1, 0.15) is 32.4 Å². The van der Waals surface area contributed by atoms with Gasteiger partial charge in [0.15, 0.2) is 0 Å². The third-order valence-corrected chi connectivity index (χ3v) is 2.57. The summed E-state index contributed by atoms with van der Waals surface area (Å²) in [5.74, 6) is 0.650. The molecule has 0 aliphatic carbocycles. The van der Waals surface area contributed by atoms with Crippen molar-refractivity contribution in [3.63, 3.8) is 0 Å². The molecular formula is C13H22N2O2. The predicted molar refractivity (Wildman–Crippen MR) is 68.3 cm³/mol. The van der Waals surface area contributed by atoms with Gasteiger partial charge in [-0.1, -0.05) is 0 Å². The SMILES string of the molecule is CCOCC(C)Oc1cc(C(C)NC)ccn1. The quantitative estimate of drug-likeness (QED) is 0.790. The summed E-state index contributed by atoms with van der Waals surface area (Å²) in [5.41, 5.74) is 1.17. The summed E-state index contributed by atoms with van der Waals surface area (Å²) in [7, 11) is 1.93. The molecule has 1 heterocycles. The fraction of sp³-hybridized carbons (Fsp3) is 0.615. The molecular weight excluding hydrogens is 216 g/mol. The Labute approximate surface area is 103 Å². The van der Waals surface area contributed by atoms with Crippen molar-refractivity contribution in [2.75, 3.05) is 20.3 Å². The second-order valence-corrected chi connectivity index (χ2v) is 4.03. The Morgan fingerprint density at radius 3 is 2.82 bits per heavy atom. The second kappa shape index (κ2) is 7.25. The number of pyridine rings is 1. The first-order valence-electron chi connectivity index (χ1n) is 6.05. The molecule has 0 saturated heterocycles. The highest BCUT2D eigenvalue weighted by Crippen LogP contribution is 2.17. The second-order valence-electron chi connectivity index (χ2n) is 4.03. The molecule has 0 amide bonds. The molecule has 0 fully saturated rings. The van der Waals surface area contributed by atoms with Crippen LogP contribution in [0.25, 0.3) is 0 Å². The van der Waals surface area contributed by atoms with Gasteiger partial charge in [-0.3, -0.25) is 0 Å². The van der Waals surface area contributed by atoms with Gasteiger partial charge in [-0.25, -0.2) is 4.98 Å². The Kier molecular flexibility index (Phi) is 5.94. The first-order valence-corrected chi connectivity index (χ1v) is 6.05. The molecule has 1 aromatic rings. The normalized spacial score (nSPS) is 14.4. The Morgan fingerprint density at radius 2 is 2.18 bits per heavy atom. The number of nitrogens with one attached hydrogen (secondary N) is 1. The number of aromatic nitrogens is 1. The Morgan fingerprint density at radius 1 is 1.41 bits per heavy atom. The molecule has 1 aromatic heterocycles. The van der Waals surface area contributed by atoms with Crippen LogP contribution in [0, 0.1) is 0 Å². The van der Waals surface area contributed by atoms with Crippen LogP contribution in [0.5, 0.6) is 5.88 Å². The summed E-state index contributed by atoms with van der Waals surface area (Å²) in [5, 5.41) is 3.19. The lowest BCUT2D eigenvalue weighted by atomic mass is 10.1. The molecule has 4 heteroatoms. The van der Waals surface area contributed by atoms with Crippen molar-refractivity contribution in [3.05, 3.63) is 23.9 Å². The van der Waals surface area contributed by atoms with Crippen LogP contribution in [0.15, 0.2) is 18.3 Å². The van der Waals surface area contributed by atoms with Crippen LogP contribution in [-0.2, 0) is 4.74 Å². The van der Waals surface area contributed by atoms with Crippen molar-refractivity contribution in [2.24, 2.45) is 0 Å². The lowest BCUT2D eigenvalue weighted by Gasteiger charge is -2.15. The van der Waals surface area contributed by atoms with E-state index in [-0.39, 0.29) is 6.10 Å². The number of hydrogen-bond donors (Lipinski definition) is 1. The molecule has 0 saturated carbocycles. The molecule has 0 aliphatic rings. The van der Waals surface area contributed by atoms with Crippen molar-refractivity contribution < 1.29 is 9.47 Å². The molecule has 0 radical (unpaired) electrons. The molecule has 2 unspecified atom stereocenters. The van der Waals surface area contributed by atoms with Crippen LogP contribution in [0.2, 0.25) is 0 Å². The van der Waals surface area contributed by atoms with Gasteiger partial charge in [0.1, 0.15) is 6.10 Å². The summed E-state index contributed by atoms with van der Waals surface area (Å²) < 4.78 is 11.0. The highest BCUT2D eigenvalue weighted by molar-refractivity contribution is 5.23. The van der Waals surface area contributed by atoms with E-state index in [4.69, 9.17) is 9.47 Å². The molecule has 96 valence electrons. The number of rotatable bonds is 7.